The van der Waals surface area contributed by atoms with Crippen molar-refractivity contribution < 1.29 is 14.7 Å². The van der Waals surface area contributed by atoms with Gasteiger partial charge in [0.1, 0.15) is 5.75 Å². The summed E-state index contributed by atoms with van der Waals surface area (Å²) in [5.41, 5.74) is 2.21. The maximum Gasteiger partial charge on any atom is 0.246 e. The topological polar surface area (TPSA) is 72.9 Å². The van der Waals surface area contributed by atoms with Crippen LogP contribution < -0.4 is 5.32 Å². The Labute approximate surface area is 166 Å². The quantitative estimate of drug-likeness (QED) is 0.592. The van der Waals surface area contributed by atoms with Gasteiger partial charge in [-0.2, -0.15) is 11.3 Å². The summed E-state index contributed by atoms with van der Waals surface area (Å²) in [7, 11) is 0. The number of benzene rings is 1. The van der Waals surface area contributed by atoms with Crippen molar-refractivity contribution in [1.82, 2.24) is 9.80 Å². The van der Waals surface area contributed by atoms with Gasteiger partial charge in [0.2, 0.25) is 11.8 Å². The molecule has 2 amide bonds. The number of nitrogens with one attached hydrogen (secondary N) is 1. The van der Waals surface area contributed by atoms with Crippen molar-refractivity contribution in [1.29, 1.82) is 0 Å². The van der Waals surface area contributed by atoms with Crippen LogP contribution in [0.3, 0.4) is 0 Å². The average molecular weight is 406 g/mol. The van der Waals surface area contributed by atoms with Gasteiger partial charge in [0.25, 0.3) is 0 Å². The van der Waals surface area contributed by atoms with Crippen LogP contribution in [0.15, 0.2) is 41.6 Å². The number of anilines is 1. The molecule has 0 saturated carbocycles. The molecular formula is C19H20ClN3O3S. The number of hydrogen-bond donors (Lipinski definition) is 2. The molecule has 1 aliphatic rings. The fraction of sp³-hybridized carbons (Fsp3) is 0.263. The monoisotopic (exact) mass is 405 g/mol. The van der Waals surface area contributed by atoms with Crippen LogP contribution in [0, 0.1) is 0 Å². The Kier molecular flexibility index (Phi) is 6.03. The second kappa shape index (κ2) is 8.45. The van der Waals surface area contributed by atoms with Crippen LogP contribution in [0.2, 0.25) is 5.02 Å². The zero-order chi connectivity index (χ0) is 19.4. The summed E-state index contributed by atoms with van der Waals surface area (Å²) in [5.74, 6) is -0.215. The largest absolute Gasteiger partial charge is 0.506 e. The first kappa shape index (κ1) is 19.3. The number of aromatic hydroxyl groups is 1. The lowest BCUT2D eigenvalue weighted by Gasteiger charge is -2.34. The number of amides is 2. The van der Waals surface area contributed by atoms with E-state index < -0.39 is 0 Å². The Morgan fingerprint density at radius 3 is 2.59 bits per heavy atom. The summed E-state index contributed by atoms with van der Waals surface area (Å²) in [4.78, 5) is 27.4. The summed E-state index contributed by atoms with van der Waals surface area (Å²) in [6.45, 7) is 5.47. The number of carbonyl (C=O) groups is 2. The summed E-state index contributed by atoms with van der Waals surface area (Å²) in [6.07, 6.45) is 1.29. The van der Waals surface area contributed by atoms with Crippen molar-refractivity contribution in [3.63, 3.8) is 0 Å². The smallest absolute Gasteiger partial charge is 0.246 e. The number of halogens is 1. The van der Waals surface area contributed by atoms with E-state index in [0.717, 1.165) is 11.1 Å². The molecule has 0 spiro atoms. The molecule has 0 aliphatic carbocycles. The number of phenolic OH excluding ortho intramolecular Hbond substituents is 1. The number of phenols is 1. The summed E-state index contributed by atoms with van der Waals surface area (Å²) >= 11 is 7.79. The van der Waals surface area contributed by atoms with E-state index in [-0.39, 0.29) is 24.1 Å². The molecule has 1 aromatic carbocycles. The molecule has 27 heavy (non-hydrogen) atoms. The van der Waals surface area contributed by atoms with Gasteiger partial charge in [0.05, 0.1) is 17.3 Å². The van der Waals surface area contributed by atoms with Crippen LogP contribution >= 0.6 is 22.9 Å². The predicted molar refractivity (Wildman–Crippen MR) is 108 cm³/mol. The van der Waals surface area contributed by atoms with E-state index in [1.54, 1.807) is 27.2 Å². The molecule has 1 fully saturated rings. The van der Waals surface area contributed by atoms with Gasteiger partial charge in [0, 0.05) is 37.8 Å². The number of nitrogens with zero attached hydrogens (tertiary/aromatic N) is 2. The second-order valence-corrected chi connectivity index (χ2v) is 7.31. The third kappa shape index (κ3) is 4.43. The van der Waals surface area contributed by atoms with Gasteiger partial charge < -0.3 is 20.2 Å². The zero-order valence-electron chi connectivity index (χ0n) is 14.7. The van der Waals surface area contributed by atoms with Gasteiger partial charge in [-0.25, -0.2) is 0 Å². The molecule has 0 unspecified atom stereocenters. The molecule has 1 aliphatic heterocycles. The molecule has 2 N–H and O–H groups in total. The third-order valence-electron chi connectivity index (χ3n) is 4.47. The van der Waals surface area contributed by atoms with E-state index in [0.29, 0.717) is 36.9 Å². The van der Waals surface area contributed by atoms with Crippen molar-refractivity contribution in [2.45, 2.75) is 0 Å². The van der Waals surface area contributed by atoms with Gasteiger partial charge in [-0.3, -0.25) is 9.59 Å². The van der Waals surface area contributed by atoms with E-state index in [4.69, 9.17) is 11.6 Å². The Morgan fingerprint density at radius 2 is 1.96 bits per heavy atom. The third-order valence-corrected chi connectivity index (χ3v) is 5.46. The first-order valence-electron chi connectivity index (χ1n) is 8.47. The molecule has 0 bridgehead atoms. The van der Waals surface area contributed by atoms with E-state index >= 15 is 0 Å². The Balaban J connectivity index is 1.62. The average Bonchev–Trinajstić information content (AvgIpc) is 3.21. The number of hydrogen-bond acceptors (Lipinski definition) is 5. The zero-order valence-corrected chi connectivity index (χ0v) is 16.2. The molecule has 1 aromatic heterocycles. The summed E-state index contributed by atoms with van der Waals surface area (Å²) < 4.78 is 0. The Bertz CT molecular complexity index is 846. The Morgan fingerprint density at radius 1 is 1.26 bits per heavy atom. The first-order valence-corrected chi connectivity index (χ1v) is 9.79. The number of rotatable bonds is 5. The molecule has 0 radical (unpaired) electrons. The van der Waals surface area contributed by atoms with E-state index in [2.05, 4.69) is 11.9 Å². The summed E-state index contributed by atoms with van der Waals surface area (Å²) in [6, 6.07) is 5.16. The van der Waals surface area contributed by atoms with Gasteiger partial charge in [-0.15, -0.1) is 0 Å². The van der Waals surface area contributed by atoms with Gasteiger partial charge in [0.15, 0.2) is 0 Å². The van der Waals surface area contributed by atoms with Crippen molar-refractivity contribution in [2.24, 2.45) is 0 Å². The minimum absolute atomic E-state index is 0.00632. The minimum Gasteiger partial charge on any atom is -0.506 e. The van der Waals surface area contributed by atoms with Crippen molar-refractivity contribution in [2.75, 3.05) is 38.0 Å². The lowest BCUT2D eigenvalue weighted by atomic mass is 10.1. The highest BCUT2D eigenvalue weighted by atomic mass is 35.5. The van der Waals surface area contributed by atoms with Crippen molar-refractivity contribution >= 4 is 40.4 Å². The van der Waals surface area contributed by atoms with Crippen LogP contribution in [-0.2, 0) is 9.59 Å². The van der Waals surface area contributed by atoms with Crippen LogP contribution in [0.25, 0.3) is 11.1 Å². The van der Waals surface area contributed by atoms with Crippen LogP contribution in [-0.4, -0.2) is 59.4 Å². The maximum atomic E-state index is 12.4. The molecule has 2 heterocycles. The molecule has 3 rings (SSSR count). The highest BCUT2D eigenvalue weighted by molar-refractivity contribution is 7.08. The molecule has 1 saturated heterocycles. The van der Waals surface area contributed by atoms with Crippen LogP contribution in [0.4, 0.5) is 5.69 Å². The van der Waals surface area contributed by atoms with Gasteiger partial charge >= 0.3 is 0 Å². The highest BCUT2D eigenvalue weighted by Gasteiger charge is 2.23. The number of piperazine rings is 1. The summed E-state index contributed by atoms with van der Waals surface area (Å²) in [5, 5.41) is 17.5. The van der Waals surface area contributed by atoms with Gasteiger partial charge in [-0.05, 0) is 34.5 Å². The molecule has 142 valence electrons. The highest BCUT2D eigenvalue weighted by Crippen LogP contribution is 2.37. The van der Waals surface area contributed by atoms with E-state index in [1.165, 1.54) is 12.1 Å². The lowest BCUT2D eigenvalue weighted by Crippen LogP contribution is -2.51. The number of thiophene rings is 1. The standard InChI is InChI=1S/C19H20ClN3O3S/c1-2-18(25)22-4-6-23(7-5-22)19(26)11-21-16-9-14(13-3-8-27-12-13)15(20)10-17(16)24/h2-3,8-10,12,21,24H,1,4-7,11H2. The fourth-order valence-corrected chi connectivity index (χ4v) is 3.85. The fourth-order valence-electron chi connectivity index (χ4n) is 2.93. The minimum atomic E-state index is -0.118. The van der Waals surface area contributed by atoms with Crippen LogP contribution in [0.5, 0.6) is 5.75 Å². The van der Waals surface area contributed by atoms with Crippen LogP contribution in [0.1, 0.15) is 0 Å². The normalized spacial score (nSPS) is 14.1. The second-order valence-electron chi connectivity index (χ2n) is 6.12. The first-order chi connectivity index (χ1) is 13.0. The Hall–Kier alpha value is -2.51. The van der Waals surface area contributed by atoms with Gasteiger partial charge in [-0.1, -0.05) is 18.2 Å². The van der Waals surface area contributed by atoms with Crippen molar-refractivity contribution in [3.05, 3.63) is 46.6 Å². The van der Waals surface area contributed by atoms with Crippen molar-refractivity contribution in [3.8, 4) is 16.9 Å². The molecular weight excluding hydrogens is 386 g/mol. The lowest BCUT2D eigenvalue weighted by molar-refractivity contribution is -0.135. The predicted octanol–water partition coefficient (Wildman–Crippen LogP) is 3.04. The molecule has 0 atom stereocenters. The van der Waals surface area contributed by atoms with E-state index in [9.17, 15) is 14.7 Å². The van der Waals surface area contributed by atoms with E-state index in [1.807, 2.05) is 16.8 Å². The SMILES string of the molecule is C=CC(=O)N1CCN(C(=O)CNc2cc(-c3ccsc3)c(Cl)cc2O)CC1. The maximum absolute atomic E-state index is 12.4. The molecule has 2 aromatic rings. The number of carbonyl (C=O) groups excluding carboxylic acids is 2. The molecule has 6 nitrogen and oxygen atoms in total. The molecule has 8 heteroatoms.